The van der Waals surface area contributed by atoms with Crippen molar-refractivity contribution in [3.8, 4) is 0 Å². The Morgan fingerprint density at radius 1 is 1.23 bits per heavy atom. The number of amides is 1. The van der Waals surface area contributed by atoms with Gasteiger partial charge in [-0.2, -0.15) is 0 Å². The van der Waals surface area contributed by atoms with Crippen molar-refractivity contribution in [1.29, 1.82) is 0 Å². The Morgan fingerprint density at radius 3 is 2.31 bits per heavy atom. The molecule has 2 saturated carbocycles. The Labute approximate surface area is 79.1 Å². The van der Waals surface area contributed by atoms with Crippen molar-refractivity contribution < 1.29 is 4.79 Å². The zero-order valence-corrected chi connectivity index (χ0v) is 8.01. The third kappa shape index (κ3) is 1.85. The molecule has 74 valence electrons. The summed E-state index contributed by atoms with van der Waals surface area (Å²) in [6, 6.07) is 0.545. The van der Waals surface area contributed by atoms with Gasteiger partial charge in [0.15, 0.2) is 0 Å². The number of primary amides is 1. The Balaban J connectivity index is 1.86. The van der Waals surface area contributed by atoms with Crippen molar-refractivity contribution >= 4 is 5.91 Å². The molecule has 0 aromatic carbocycles. The van der Waals surface area contributed by atoms with Crippen LogP contribution in [-0.4, -0.2) is 17.5 Å². The van der Waals surface area contributed by atoms with Crippen LogP contribution in [0.2, 0.25) is 0 Å². The molecule has 3 nitrogen and oxygen atoms in total. The molecule has 0 heterocycles. The molecular weight excluding hydrogens is 164 g/mol. The molecule has 0 spiro atoms. The van der Waals surface area contributed by atoms with Gasteiger partial charge in [-0.1, -0.05) is 19.3 Å². The number of rotatable bonds is 3. The van der Waals surface area contributed by atoms with Crippen LogP contribution in [0.15, 0.2) is 0 Å². The van der Waals surface area contributed by atoms with Gasteiger partial charge in [-0.3, -0.25) is 4.79 Å². The van der Waals surface area contributed by atoms with E-state index in [0.29, 0.717) is 6.04 Å². The number of hydrogen-bond acceptors (Lipinski definition) is 2. The minimum absolute atomic E-state index is 0.155. The molecular formula is C10H18N2O. The average molecular weight is 182 g/mol. The van der Waals surface area contributed by atoms with Gasteiger partial charge in [0.05, 0.1) is 5.54 Å². The highest BCUT2D eigenvalue weighted by Gasteiger charge is 2.49. The van der Waals surface area contributed by atoms with E-state index in [4.69, 9.17) is 5.73 Å². The predicted molar refractivity (Wildman–Crippen MR) is 51.2 cm³/mol. The number of carbonyl (C=O) groups excluding carboxylic acids is 1. The van der Waals surface area contributed by atoms with Crippen molar-refractivity contribution in [3.05, 3.63) is 0 Å². The van der Waals surface area contributed by atoms with E-state index in [1.807, 2.05) is 0 Å². The van der Waals surface area contributed by atoms with Crippen LogP contribution in [0.1, 0.15) is 44.9 Å². The molecule has 0 radical (unpaired) electrons. The van der Waals surface area contributed by atoms with Crippen LogP contribution in [0.3, 0.4) is 0 Å². The molecule has 3 heteroatoms. The first kappa shape index (κ1) is 9.00. The first-order chi connectivity index (χ1) is 6.23. The zero-order valence-electron chi connectivity index (χ0n) is 8.01. The molecule has 0 aromatic rings. The van der Waals surface area contributed by atoms with Crippen molar-refractivity contribution in [2.24, 2.45) is 5.73 Å². The highest BCUT2D eigenvalue weighted by Crippen LogP contribution is 2.36. The zero-order chi connectivity index (χ0) is 9.31. The Morgan fingerprint density at radius 2 is 1.85 bits per heavy atom. The van der Waals surface area contributed by atoms with E-state index in [9.17, 15) is 4.79 Å². The number of nitrogens with one attached hydrogen (secondary N) is 1. The van der Waals surface area contributed by atoms with E-state index in [1.54, 1.807) is 0 Å². The van der Waals surface area contributed by atoms with Gasteiger partial charge in [-0.25, -0.2) is 0 Å². The summed E-state index contributed by atoms with van der Waals surface area (Å²) >= 11 is 0. The first-order valence-corrected chi connectivity index (χ1v) is 5.31. The lowest BCUT2D eigenvalue weighted by molar-refractivity contribution is -0.121. The molecule has 0 aliphatic heterocycles. The summed E-state index contributed by atoms with van der Waals surface area (Å²) in [6.07, 6.45) is 8.27. The van der Waals surface area contributed by atoms with Crippen LogP contribution >= 0.6 is 0 Å². The molecule has 0 saturated heterocycles. The second-order valence-electron chi connectivity index (χ2n) is 4.43. The molecule has 3 N–H and O–H groups in total. The van der Waals surface area contributed by atoms with Crippen molar-refractivity contribution in [2.45, 2.75) is 56.5 Å². The van der Waals surface area contributed by atoms with Gasteiger partial charge >= 0.3 is 0 Å². The maximum atomic E-state index is 11.1. The smallest absolute Gasteiger partial charge is 0.237 e. The normalized spacial score (nSPS) is 27.1. The molecule has 1 amide bonds. The fraction of sp³-hybridized carbons (Fsp3) is 0.900. The van der Waals surface area contributed by atoms with Gasteiger partial charge < -0.3 is 11.1 Å². The molecule has 13 heavy (non-hydrogen) atoms. The molecule has 2 aliphatic rings. The van der Waals surface area contributed by atoms with Crippen molar-refractivity contribution in [3.63, 3.8) is 0 Å². The molecule has 2 fully saturated rings. The highest BCUT2D eigenvalue weighted by atomic mass is 16.1. The number of carbonyl (C=O) groups is 1. The first-order valence-electron chi connectivity index (χ1n) is 5.31. The van der Waals surface area contributed by atoms with Crippen LogP contribution in [0.5, 0.6) is 0 Å². The lowest BCUT2D eigenvalue weighted by atomic mass is 9.94. The maximum absolute atomic E-state index is 11.1. The van der Waals surface area contributed by atoms with E-state index in [2.05, 4.69) is 5.32 Å². The summed E-state index contributed by atoms with van der Waals surface area (Å²) < 4.78 is 0. The summed E-state index contributed by atoms with van der Waals surface area (Å²) in [6.45, 7) is 0. The Bertz CT molecular complexity index is 205. The average Bonchev–Trinajstić information content (AvgIpc) is 2.87. The highest BCUT2D eigenvalue weighted by molar-refractivity contribution is 5.87. The minimum atomic E-state index is -0.304. The molecule has 0 atom stereocenters. The van der Waals surface area contributed by atoms with Crippen LogP contribution < -0.4 is 11.1 Å². The quantitative estimate of drug-likeness (QED) is 0.682. The second kappa shape index (κ2) is 3.29. The summed E-state index contributed by atoms with van der Waals surface area (Å²) in [5.74, 6) is -0.155. The van der Waals surface area contributed by atoms with E-state index in [0.717, 1.165) is 12.8 Å². The molecule has 2 aliphatic carbocycles. The Hall–Kier alpha value is -0.570. The molecule has 0 bridgehead atoms. The van der Waals surface area contributed by atoms with Gasteiger partial charge in [-0.15, -0.1) is 0 Å². The van der Waals surface area contributed by atoms with Gasteiger partial charge in [0.25, 0.3) is 0 Å². The number of hydrogen-bond donors (Lipinski definition) is 2. The minimum Gasteiger partial charge on any atom is -0.368 e. The standard InChI is InChI=1S/C10H18N2O/c11-9(13)10(6-7-10)12-8-4-2-1-3-5-8/h8,12H,1-7H2,(H2,11,13). The number of nitrogens with two attached hydrogens (primary N) is 1. The van der Waals surface area contributed by atoms with Gasteiger partial charge in [0.1, 0.15) is 0 Å². The van der Waals surface area contributed by atoms with Crippen LogP contribution in [0.4, 0.5) is 0 Å². The monoisotopic (exact) mass is 182 g/mol. The SMILES string of the molecule is NC(=O)C1(NC2CCCCC2)CC1. The van der Waals surface area contributed by atoms with Gasteiger partial charge in [-0.05, 0) is 25.7 Å². The van der Waals surface area contributed by atoms with Gasteiger partial charge in [0.2, 0.25) is 5.91 Å². The van der Waals surface area contributed by atoms with Crippen LogP contribution in [0, 0.1) is 0 Å². The summed E-state index contributed by atoms with van der Waals surface area (Å²) in [5, 5.41) is 3.43. The molecule has 0 unspecified atom stereocenters. The predicted octanol–water partition coefficient (Wildman–Crippen LogP) is 0.927. The summed E-state index contributed by atoms with van der Waals surface area (Å²) in [4.78, 5) is 11.1. The summed E-state index contributed by atoms with van der Waals surface area (Å²) in [7, 11) is 0. The maximum Gasteiger partial charge on any atom is 0.237 e. The summed E-state index contributed by atoms with van der Waals surface area (Å²) in [5.41, 5.74) is 5.04. The van der Waals surface area contributed by atoms with E-state index < -0.39 is 0 Å². The van der Waals surface area contributed by atoms with Gasteiger partial charge in [0, 0.05) is 6.04 Å². The topological polar surface area (TPSA) is 55.1 Å². The van der Waals surface area contributed by atoms with Crippen LogP contribution in [-0.2, 0) is 4.79 Å². The Kier molecular flexibility index (Phi) is 2.28. The molecule has 0 aromatic heterocycles. The molecule has 2 rings (SSSR count). The lowest BCUT2D eigenvalue weighted by Gasteiger charge is -2.26. The largest absolute Gasteiger partial charge is 0.368 e. The fourth-order valence-electron chi connectivity index (χ4n) is 2.22. The van der Waals surface area contributed by atoms with E-state index in [-0.39, 0.29) is 11.4 Å². The second-order valence-corrected chi connectivity index (χ2v) is 4.43. The lowest BCUT2D eigenvalue weighted by Crippen LogP contribution is -2.49. The van der Waals surface area contributed by atoms with Crippen molar-refractivity contribution in [1.82, 2.24) is 5.32 Å². The van der Waals surface area contributed by atoms with E-state index in [1.165, 1.54) is 32.1 Å². The van der Waals surface area contributed by atoms with Crippen molar-refractivity contribution in [2.75, 3.05) is 0 Å². The van der Waals surface area contributed by atoms with E-state index >= 15 is 0 Å². The fourth-order valence-corrected chi connectivity index (χ4v) is 2.22. The van der Waals surface area contributed by atoms with Crippen LogP contribution in [0.25, 0.3) is 0 Å². The third-order valence-electron chi connectivity index (χ3n) is 3.31. The third-order valence-corrected chi connectivity index (χ3v) is 3.31.